The molecule has 3 rings (SSSR count). The Morgan fingerprint density at radius 3 is 2.42 bits per heavy atom. The fourth-order valence-corrected chi connectivity index (χ4v) is 3.93. The molecule has 5 heteroatoms. The maximum Gasteiger partial charge on any atom is 0.222 e. The smallest absolute Gasteiger partial charge is 0.222 e. The molecule has 0 N–H and O–H groups in total. The summed E-state index contributed by atoms with van der Waals surface area (Å²) in [5.74, 6) is -0.753. The minimum atomic E-state index is -0.812. The zero-order valence-electron chi connectivity index (χ0n) is 14.3. The first-order chi connectivity index (χ1) is 11.5. The van der Waals surface area contributed by atoms with Crippen molar-refractivity contribution in [2.45, 2.75) is 45.1 Å². The van der Waals surface area contributed by atoms with Gasteiger partial charge in [0.1, 0.15) is 0 Å². The molecule has 2 aliphatic rings. The van der Waals surface area contributed by atoms with Gasteiger partial charge < -0.3 is 4.90 Å². The van der Waals surface area contributed by atoms with Crippen molar-refractivity contribution >= 4 is 5.91 Å². The van der Waals surface area contributed by atoms with Crippen molar-refractivity contribution in [3.63, 3.8) is 0 Å². The van der Waals surface area contributed by atoms with Crippen molar-refractivity contribution < 1.29 is 13.6 Å². The summed E-state index contributed by atoms with van der Waals surface area (Å²) in [4.78, 5) is 16.6. The highest BCUT2D eigenvalue weighted by atomic mass is 19.2. The minimum Gasteiger partial charge on any atom is -0.340 e. The quantitative estimate of drug-likeness (QED) is 0.836. The van der Waals surface area contributed by atoms with Crippen molar-refractivity contribution in [3.05, 3.63) is 35.4 Å². The molecule has 132 valence electrons. The van der Waals surface area contributed by atoms with Gasteiger partial charge in [-0.2, -0.15) is 0 Å². The molecule has 1 saturated carbocycles. The molecule has 2 fully saturated rings. The maximum absolute atomic E-state index is 13.4. The Morgan fingerprint density at radius 2 is 1.79 bits per heavy atom. The van der Waals surface area contributed by atoms with Crippen LogP contribution in [0, 0.1) is 17.6 Å². The van der Waals surface area contributed by atoms with Gasteiger partial charge in [0.25, 0.3) is 0 Å². The summed E-state index contributed by atoms with van der Waals surface area (Å²) >= 11 is 0. The van der Waals surface area contributed by atoms with E-state index in [2.05, 4.69) is 4.90 Å². The van der Waals surface area contributed by atoms with E-state index in [1.54, 1.807) is 6.07 Å². The van der Waals surface area contributed by atoms with Crippen molar-refractivity contribution in [1.29, 1.82) is 0 Å². The first kappa shape index (κ1) is 17.3. The molecule has 0 bridgehead atoms. The number of hydrogen-bond donors (Lipinski definition) is 0. The van der Waals surface area contributed by atoms with Gasteiger partial charge in [0, 0.05) is 38.6 Å². The fourth-order valence-electron chi connectivity index (χ4n) is 3.93. The van der Waals surface area contributed by atoms with Gasteiger partial charge in [-0.3, -0.25) is 9.69 Å². The second-order valence-corrected chi connectivity index (χ2v) is 7.12. The lowest BCUT2D eigenvalue weighted by atomic mass is 10.0. The van der Waals surface area contributed by atoms with Crippen LogP contribution in [-0.2, 0) is 4.79 Å². The van der Waals surface area contributed by atoms with E-state index in [1.165, 1.54) is 37.8 Å². The summed E-state index contributed by atoms with van der Waals surface area (Å²) in [6, 6.07) is 4.12. The number of halogens is 2. The normalized spacial score (nSPS) is 21.2. The molecule has 1 saturated heterocycles. The Hall–Kier alpha value is -1.49. The number of benzene rings is 1. The molecule has 1 aliphatic carbocycles. The number of carbonyl (C=O) groups is 1. The molecule has 3 nitrogen and oxygen atoms in total. The molecular weight excluding hydrogens is 310 g/mol. The van der Waals surface area contributed by atoms with Crippen LogP contribution in [0.3, 0.4) is 0 Å². The van der Waals surface area contributed by atoms with Crippen LogP contribution < -0.4 is 0 Å². The molecule has 0 spiro atoms. The lowest BCUT2D eigenvalue weighted by molar-refractivity contribution is -0.134. The SMILES string of the molecule is CC(c1ccc(F)c(F)c1)N1CCN(C(=O)CC2CCCC2)CC1. The number of piperazine rings is 1. The molecule has 1 amide bonds. The zero-order valence-corrected chi connectivity index (χ0v) is 14.3. The van der Waals surface area contributed by atoms with Crippen molar-refractivity contribution in [3.8, 4) is 0 Å². The largest absolute Gasteiger partial charge is 0.340 e. The van der Waals surface area contributed by atoms with Crippen LogP contribution in [0.15, 0.2) is 18.2 Å². The summed E-state index contributed by atoms with van der Waals surface area (Å²) in [6.45, 7) is 5.00. The third-order valence-corrected chi connectivity index (χ3v) is 5.58. The maximum atomic E-state index is 13.4. The van der Waals surface area contributed by atoms with Crippen molar-refractivity contribution in [2.75, 3.05) is 26.2 Å². The van der Waals surface area contributed by atoms with E-state index in [4.69, 9.17) is 0 Å². The van der Waals surface area contributed by atoms with Crippen LogP contribution in [0.4, 0.5) is 8.78 Å². The minimum absolute atomic E-state index is 0.0205. The van der Waals surface area contributed by atoms with Gasteiger partial charge in [-0.05, 0) is 43.4 Å². The van der Waals surface area contributed by atoms with Crippen LogP contribution in [0.1, 0.15) is 50.6 Å². The summed E-state index contributed by atoms with van der Waals surface area (Å²) in [5, 5.41) is 0. The van der Waals surface area contributed by atoms with E-state index >= 15 is 0 Å². The molecule has 1 aliphatic heterocycles. The molecule has 1 atom stereocenters. The molecule has 1 aromatic carbocycles. The van der Waals surface area contributed by atoms with Crippen LogP contribution in [0.2, 0.25) is 0 Å². The van der Waals surface area contributed by atoms with Crippen molar-refractivity contribution in [1.82, 2.24) is 9.80 Å². The van der Waals surface area contributed by atoms with Crippen molar-refractivity contribution in [2.24, 2.45) is 5.92 Å². The van der Waals surface area contributed by atoms with E-state index < -0.39 is 11.6 Å². The monoisotopic (exact) mass is 336 g/mol. The van der Waals surface area contributed by atoms with Gasteiger partial charge >= 0.3 is 0 Å². The average molecular weight is 336 g/mol. The predicted molar refractivity (Wildman–Crippen MR) is 89.5 cm³/mol. The number of nitrogens with zero attached hydrogens (tertiary/aromatic N) is 2. The van der Waals surface area contributed by atoms with Gasteiger partial charge in [0.15, 0.2) is 11.6 Å². The van der Waals surface area contributed by atoms with Gasteiger partial charge in [-0.1, -0.05) is 18.9 Å². The summed E-state index contributed by atoms with van der Waals surface area (Å²) in [7, 11) is 0. The van der Waals surface area contributed by atoms with E-state index in [0.29, 0.717) is 12.3 Å². The van der Waals surface area contributed by atoms with Crippen LogP contribution in [0.25, 0.3) is 0 Å². The van der Waals surface area contributed by atoms with Crippen LogP contribution >= 0.6 is 0 Å². The molecule has 0 aromatic heterocycles. The first-order valence-corrected chi connectivity index (χ1v) is 9.01. The Labute approximate surface area is 142 Å². The number of carbonyl (C=O) groups excluding carboxylic acids is 1. The summed E-state index contributed by atoms with van der Waals surface area (Å²) in [5.41, 5.74) is 0.777. The Morgan fingerprint density at radius 1 is 1.12 bits per heavy atom. The topological polar surface area (TPSA) is 23.6 Å². The lowest BCUT2D eigenvalue weighted by Gasteiger charge is -2.38. The molecule has 24 heavy (non-hydrogen) atoms. The third-order valence-electron chi connectivity index (χ3n) is 5.58. The third kappa shape index (κ3) is 3.94. The van der Waals surface area contributed by atoms with Gasteiger partial charge in [-0.25, -0.2) is 8.78 Å². The molecule has 1 aromatic rings. The number of amides is 1. The highest BCUT2D eigenvalue weighted by molar-refractivity contribution is 5.76. The Balaban J connectivity index is 1.52. The summed E-state index contributed by atoms with van der Waals surface area (Å²) in [6.07, 6.45) is 5.60. The van der Waals surface area contributed by atoms with Crippen LogP contribution in [-0.4, -0.2) is 41.9 Å². The highest BCUT2D eigenvalue weighted by Gasteiger charge is 2.27. The van der Waals surface area contributed by atoms with Gasteiger partial charge in [0.05, 0.1) is 0 Å². The Kier molecular flexibility index (Phi) is 5.49. The van der Waals surface area contributed by atoms with E-state index in [1.807, 2.05) is 11.8 Å². The van der Waals surface area contributed by atoms with E-state index in [9.17, 15) is 13.6 Å². The lowest BCUT2D eigenvalue weighted by Crippen LogP contribution is -2.49. The molecular formula is C19H26F2N2O. The molecule has 1 unspecified atom stereocenters. The number of rotatable bonds is 4. The van der Waals surface area contributed by atoms with E-state index in [-0.39, 0.29) is 11.9 Å². The predicted octanol–water partition coefficient (Wildman–Crippen LogP) is 3.75. The average Bonchev–Trinajstić information content (AvgIpc) is 3.10. The standard InChI is InChI=1S/C19H26F2N2O/c1-14(16-6-7-17(20)18(21)13-16)22-8-10-23(11-9-22)19(24)12-15-4-2-3-5-15/h6-7,13-15H,2-5,8-12H2,1H3. The summed E-state index contributed by atoms with van der Waals surface area (Å²) < 4.78 is 26.5. The van der Waals surface area contributed by atoms with Crippen LogP contribution in [0.5, 0.6) is 0 Å². The second-order valence-electron chi connectivity index (χ2n) is 7.12. The van der Waals surface area contributed by atoms with Gasteiger partial charge in [0.2, 0.25) is 5.91 Å². The molecule has 1 heterocycles. The fraction of sp³-hybridized carbons (Fsp3) is 0.632. The van der Waals surface area contributed by atoms with E-state index in [0.717, 1.165) is 31.7 Å². The zero-order chi connectivity index (χ0) is 17.1. The van der Waals surface area contributed by atoms with Gasteiger partial charge in [-0.15, -0.1) is 0 Å². The highest BCUT2D eigenvalue weighted by Crippen LogP contribution is 2.29. The first-order valence-electron chi connectivity index (χ1n) is 9.01. The molecule has 0 radical (unpaired) electrons. The number of hydrogen-bond acceptors (Lipinski definition) is 2. The Bertz CT molecular complexity index is 579. The second kappa shape index (κ2) is 7.60.